The topological polar surface area (TPSA) is 45.9 Å². The maximum atomic E-state index is 12.7. The molecule has 0 saturated carbocycles. The Morgan fingerprint density at radius 1 is 1.64 bits per heavy atom. The molecule has 0 aromatic carbocycles. The molecule has 0 saturated heterocycles. The Balaban J connectivity index is 3.27. The summed E-state index contributed by atoms with van der Waals surface area (Å²) < 4.78 is 17.3. The summed E-state index contributed by atoms with van der Waals surface area (Å²) in [5, 5.41) is 8.44. The van der Waals surface area contributed by atoms with E-state index in [0.29, 0.717) is 0 Å². The first-order chi connectivity index (χ1) is 5.29. The molecule has 4 heteroatoms. The summed E-state index contributed by atoms with van der Waals surface area (Å²) in [5.74, 6) is -0.672. The van der Waals surface area contributed by atoms with Gasteiger partial charge in [0, 0.05) is 6.20 Å². The number of nitrogens with zero attached hydrogens (tertiary/aromatic N) is 2. The van der Waals surface area contributed by atoms with E-state index in [1.165, 1.54) is 13.3 Å². The van der Waals surface area contributed by atoms with Crippen LogP contribution in [0.1, 0.15) is 5.56 Å². The minimum atomic E-state index is -0.619. The standard InChI is InChI=1S/C7H5FN2O/c1-11-7-5(2-9)3-10-4-6(7)8/h3-4H,1H3. The van der Waals surface area contributed by atoms with Crippen LogP contribution >= 0.6 is 0 Å². The van der Waals surface area contributed by atoms with Crippen LogP contribution in [0.15, 0.2) is 12.4 Å². The van der Waals surface area contributed by atoms with E-state index in [9.17, 15) is 4.39 Å². The van der Waals surface area contributed by atoms with Gasteiger partial charge in [0.1, 0.15) is 11.6 Å². The van der Waals surface area contributed by atoms with Gasteiger partial charge in [-0.3, -0.25) is 4.98 Å². The molecular formula is C7H5FN2O. The van der Waals surface area contributed by atoms with Crippen molar-refractivity contribution in [3.63, 3.8) is 0 Å². The predicted molar refractivity (Wildman–Crippen MR) is 35.5 cm³/mol. The highest BCUT2D eigenvalue weighted by atomic mass is 19.1. The van der Waals surface area contributed by atoms with E-state index in [1.54, 1.807) is 6.07 Å². The summed E-state index contributed by atoms with van der Waals surface area (Å²) in [4.78, 5) is 3.49. The molecule has 0 N–H and O–H groups in total. The zero-order valence-corrected chi connectivity index (χ0v) is 5.84. The molecule has 0 aliphatic rings. The average Bonchev–Trinajstić information content (AvgIpc) is 2.04. The highest BCUT2D eigenvalue weighted by Gasteiger charge is 2.07. The van der Waals surface area contributed by atoms with Crippen LogP contribution < -0.4 is 4.74 Å². The van der Waals surface area contributed by atoms with E-state index in [2.05, 4.69) is 9.72 Å². The number of nitriles is 1. The lowest BCUT2D eigenvalue weighted by Gasteiger charge is -2.00. The number of hydrogen-bond acceptors (Lipinski definition) is 3. The Kier molecular flexibility index (Phi) is 2.02. The highest BCUT2D eigenvalue weighted by molar-refractivity contribution is 5.40. The lowest BCUT2D eigenvalue weighted by atomic mass is 10.3. The maximum absolute atomic E-state index is 12.7. The van der Waals surface area contributed by atoms with Gasteiger partial charge in [-0.05, 0) is 0 Å². The van der Waals surface area contributed by atoms with E-state index < -0.39 is 5.82 Å². The Bertz CT molecular complexity index is 306. The van der Waals surface area contributed by atoms with E-state index in [0.717, 1.165) is 6.20 Å². The van der Waals surface area contributed by atoms with Crippen molar-refractivity contribution in [2.45, 2.75) is 0 Å². The van der Waals surface area contributed by atoms with E-state index in [1.807, 2.05) is 0 Å². The smallest absolute Gasteiger partial charge is 0.184 e. The van der Waals surface area contributed by atoms with Gasteiger partial charge in [0.25, 0.3) is 0 Å². The second-order valence-electron chi connectivity index (χ2n) is 1.81. The number of methoxy groups -OCH3 is 1. The van der Waals surface area contributed by atoms with Crippen LogP contribution in [0.5, 0.6) is 5.75 Å². The van der Waals surface area contributed by atoms with Crippen molar-refractivity contribution in [2.75, 3.05) is 7.11 Å². The van der Waals surface area contributed by atoms with Crippen molar-refractivity contribution in [1.29, 1.82) is 5.26 Å². The first kappa shape index (κ1) is 7.48. The lowest BCUT2D eigenvalue weighted by Crippen LogP contribution is -1.92. The van der Waals surface area contributed by atoms with Gasteiger partial charge in [0.2, 0.25) is 0 Å². The van der Waals surface area contributed by atoms with E-state index in [4.69, 9.17) is 5.26 Å². The Morgan fingerprint density at radius 2 is 2.36 bits per heavy atom. The summed E-state index contributed by atoms with van der Waals surface area (Å²) in [6, 6.07) is 1.76. The minimum absolute atomic E-state index is 0.0532. The van der Waals surface area contributed by atoms with Crippen molar-refractivity contribution in [3.8, 4) is 11.8 Å². The third-order valence-electron chi connectivity index (χ3n) is 1.18. The lowest BCUT2D eigenvalue weighted by molar-refractivity contribution is 0.383. The minimum Gasteiger partial charge on any atom is -0.492 e. The van der Waals surface area contributed by atoms with Crippen LogP contribution in [0.4, 0.5) is 4.39 Å². The van der Waals surface area contributed by atoms with Crippen LogP contribution in [0.25, 0.3) is 0 Å². The van der Waals surface area contributed by atoms with Gasteiger partial charge in [-0.15, -0.1) is 0 Å². The number of hydrogen-bond donors (Lipinski definition) is 0. The Labute approximate surface area is 63.1 Å². The summed E-state index contributed by atoms with van der Waals surface area (Å²) in [5.41, 5.74) is 0.104. The van der Waals surface area contributed by atoms with Crippen molar-refractivity contribution >= 4 is 0 Å². The molecule has 0 aliphatic carbocycles. The molecule has 0 amide bonds. The van der Waals surface area contributed by atoms with Crippen molar-refractivity contribution in [3.05, 3.63) is 23.8 Å². The molecule has 0 radical (unpaired) electrons. The zero-order chi connectivity index (χ0) is 8.27. The van der Waals surface area contributed by atoms with Gasteiger partial charge in [-0.1, -0.05) is 0 Å². The number of rotatable bonds is 1. The summed E-state index contributed by atoms with van der Waals surface area (Å²) in [6.45, 7) is 0. The molecule has 0 atom stereocenters. The van der Waals surface area contributed by atoms with E-state index >= 15 is 0 Å². The average molecular weight is 152 g/mol. The maximum Gasteiger partial charge on any atom is 0.184 e. The fourth-order valence-electron chi connectivity index (χ4n) is 0.710. The third kappa shape index (κ3) is 1.27. The van der Waals surface area contributed by atoms with Gasteiger partial charge in [0.15, 0.2) is 11.6 Å². The first-order valence-corrected chi connectivity index (χ1v) is 2.87. The second kappa shape index (κ2) is 2.97. The predicted octanol–water partition coefficient (Wildman–Crippen LogP) is 1.10. The Hall–Kier alpha value is -1.63. The summed E-state index contributed by atoms with van der Waals surface area (Å²) >= 11 is 0. The molecule has 0 spiro atoms. The molecule has 3 nitrogen and oxygen atoms in total. The highest BCUT2D eigenvalue weighted by Crippen LogP contribution is 2.19. The van der Waals surface area contributed by atoms with Crippen LogP contribution in [-0.2, 0) is 0 Å². The summed E-state index contributed by atoms with van der Waals surface area (Å²) in [6.07, 6.45) is 2.25. The quantitative estimate of drug-likeness (QED) is 0.605. The van der Waals surface area contributed by atoms with Crippen LogP contribution in [0.3, 0.4) is 0 Å². The second-order valence-corrected chi connectivity index (χ2v) is 1.81. The SMILES string of the molecule is COc1c(F)cncc1C#N. The van der Waals surface area contributed by atoms with E-state index in [-0.39, 0.29) is 11.3 Å². The van der Waals surface area contributed by atoms with Crippen molar-refractivity contribution in [2.24, 2.45) is 0 Å². The molecule has 11 heavy (non-hydrogen) atoms. The van der Waals surface area contributed by atoms with Gasteiger partial charge in [-0.25, -0.2) is 4.39 Å². The number of halogens is 1. The van der Waals surface area contributed by atoms with Gasteiger partial charge in [0.05, 0.1) is 13.3 Å². The van der Waals surface area contributed by atoms with Gasteiger partial charge >= 0.3 is 0 Å². The van der Waals surface area contributed by atoms with Crippen LogP contribution in [-0.4, -0.2) is 12.1 Å². The molecule has 0 fully saturated rings. The third-order valence-corrected chi connectivity index (χ3v) is 1.18. The first-order valence-electron chi connectivity index (χ1n) is 2.87. The monoisotopic (exact) mass is 152 g/mol. The number of pyridine rings is 1. The molecule has 1 rings (SSSR count). The molecule has 0 unspecified atom stereocenters. The van der Waals surface area contributed by atoms with Crippen molar-refractivity contribution < 1.29 is 9.13 Å². The molecule has 56 valence electrons. The van der Waals surface area contributed by atoms with Gasteiger partial charge < -0.3 is 4.74 Å². The van der Waals surface area contributed by atoms with Crippen LogP contribution in [0.2, 0.25) is 0 Å². The molecule has 1 heterocycles. The fraction of sp³-hybridized carbons (Fsp3) is 0.143. The molecule has 1 aromatic rings. The number of aromatic nitrogens is 1. The Morgan fingerprint density at radius 3 is 2.82 bits per heavy atom. The molecule has 0 aliphatic heterocycles. The van der Waals surface area contributed by atoms with Crippen LogP contribution in [0, 0.1) is 17.1 Å². The summed E-state index contributed by atoms with van der Waals surface area (Å²) in [7, 11) is 1.30. The molecule has 1 aromatic heterocycles. The largest absolute Gasteiger partial charge is 0.492 e. The molecular weight excluding hydrogens is 147 g/mol. The number of ether oxygens (including phenoxy) is 1. The fourth-order valence-corrected chi connectivity index (χ4v) is 0.710. The zero-order valence-electron chi connectivity index (χ0n) is 5.84. The van der Waals surface area contributed by atoms with Crippen molar-refractivity contribution in [1.82, 2.24) is 4.98 Å². The molecule has 0 bridgehead atoms. The van der Waals surface area contributed by atoms with Gasteiger partial charge in [-0.2, -0.15) is 5.26 Å². The normalized spacial score (nSPS) is 8.82.